The van der Waals surface area contributed by atoms with Gasteiger partial charge in [0.15, 0.2) is 0 Å². The van der Waals surface area contributed by atoms with Crippen LogP contribution in [0.1, 0.15) is 6.42 Å². The Labute approximate surface area is 78.2 Å². The molecule has 0 heterocycles. The normalized spacial score (nSPS) is 22.8. The maximum atomic E-state index is 13.0. The quantitative estimate of drug-likeness (QED) is 0.514. The summed E-state index contributed by atoms with van der Waals surface area (Å²) >= 11 is 3.21. The predicted octanol–water partition coefficient (Wildman–Crippen LogP) is 2.11. The zero-order valence-corrected chi connectivity index (χ0v) is 8.10. The first kappa shape index (κ1) is 9.45. The molecule has 4 heteroatoms. The maximum Gasteiger partial charge on any atom is 0.340 e. The molecule has 12 heavy (non-hydrogen) atoms. The summed E-state index contributed by atoms with van der Waals surface area (Å²) in [5, 5.41) is 0. The van der Waals surface area contributed by atoms with Crippen LogP contribution in [0.3, 0.4) is 0 Å². The van der Waals surface area contributed by atoms with E-state index in [1.807, 2.05) is 0 Å². The molecule has 1 aliphatic rings. The van der Waals surface area contributed by atoms with Crippen LogP contribution in [0.2, 0.25) is 0 Å². The van der Waals surface area contributed by atoms with Gasteiger partial charge in [-0.1, -0.05) is 22.0 Å². The van der Waals surface area contributed by atoms with Gasteiger partial charge in [-0.15, -0.1) is 0 Å². The van der Waals surface area contributed by atoms with E-state index in [2.05, 4.69) is 20.7 Å². The Morgan fingerprint density at radius 3 is 3.00 bits per heavy atom. The minimum absolute atomic E-state index is 0.0215. The number of hydrogen-bond acceptors (Lipinski definition) is 2. The molecule has 1 atom stereocenters. The van der Waals surface area contributed by atoms with Crippen molar-refractivity contribution < 1.29 is 13.9 Å². The molecule has 0 N–H and O–H groups in total. The Morgan fingerprint density at radius 1 is 1.83 bits per heavy atom. The zero-order valence-electron chi connectivity index (χ0n) is 6.51. The fourth-order valence-electron chi connectivity index (χ4n) is 0.929. The standard InChI is InChI=1S/C8H8BrFO2/c1-12-8(11)6-3-2-5(9)4-7(6)10/h2-3,5H,4H2,1H3. The summed E-state index contributed by atoms with van der Waals surface area (Å²) in [6.45, 7) is 0. The van der Waals surface area contributed by atoms with Gasteiger partial charge in [0.25, 0.3) is 0 Å². The molecule has 0 aromatic rings. The Morgan fingerprint density at radius 2 is 2.50 bits per heavy atom. The largest absolute Gasteiger partial charge is 0.465 e. The number of halogens is 2. The van der Waals surface area contributed by atoms with Crippen LogP contribution in [0.4, 0.5) is 4.39 Å². The van der Waals surface area contributed by atoms with Gasteiger partial charge in [0.1, 0.15) is 5.83 Å². The summed E-state index contributed by atoms with van der Waals surface area (Å²) in [5.74, 6) is -1.05. The lowest BCUT2D eigenvalue weighted by atomic mass is 10.1. The van der Waals surface area contributed by atoms with Crippen molar-refractivity contribution in [2.45, 2.75) is 11.2 Å². The average molecular weight is 235 g/mol. The van der Waals surface area contributed by atoms with E-state index in [1.54, 1.807) is 6.08 Å². The lowest BCUT2D eigenvalue weighted by Crippen LogP contribution is -2.10. The summed E-state index contributed by atoms with van der Waals surface area (Å²) in [5.41, 5.74) is 0.0215. The van der Waals surface area contributed by atoms with Gasteiger partial charge in [0, 0.05) is 11.2 Å². The molecule has 0 saturated carbocycles. The van der Waals surface area contributed by atoms with Crippen LogP contribution < -0.4 is 0 Å². The third-order valence-electron chi connectivity index (χ3n) is 1.54. The second-order valence-electron chi connectivity index (χ2n) is 2.39. The van der Waals surface area contributed by atoms with E-state index >= 15 is 0 Å². The number of rotatable bonds is 1. The Balaban J connectivity index is 2.84. The number of carbonyl (C=O) groups is 1. The molecule has 0 aromatic heterocycles. The van der Waals surface area contributed by atoms with Crippen LogP contribution in [-0.2, 0) is 9.53 Å². The molecule has 0 bridgehead atoms. The van der Waals surface area contributed by atoms with Gasteiger partial charge in [0.05, 0.1) is 12.7 Å². The van der Waals surface area contributed by atoms with Crippen LogP contribution in [0.15, 0.2) is 23.6 Å². The molecule has 0 spiro atoms. The van der Waals surface area contributed by atoms with E-state index in [9.17, 15) is 9.18 Å². The maximum absolute atomic E-state index is 13.0. The molecule has 1 rings (SSSR count). The summed E-state index contributed by atoms with van der Waals surface area (Å²) < 4.78 is 17.4. The van der Waals surface area contributed by atoms with Crippen molar-refractivity contribution in [1.29, 1.82) is 0 Å². The molecule has 0 aliphatic heterocycles. The van der Waals surface area contributed by atoms with Crippen molar-refractivity contribution in [3.05, 3.63) is 23.6 Å². The van der Waals surface area contributed by atoms with Crippen molar-refractivity contribution in [1.82, 2.24) is 0 Å². The molecule has 0 saturated heterocycles. The van der Waals surface area contributed by atoms with Gasteiger partial charge in [-0.05, 0) is 6.08 Å². The van der Waals surface area contributed by atoms with Crippen LogP contribution >= 0.6 is 15.9 Å². The highest BCUT2D eigenvalue weighted by Crippen LogP contribution is 2.25. The third kappa shape index (κ3) is 1.94. The highest BCUT2D eigenvalue weighted by atomic mass is 79.9. The van der Waals surface area contributed by atoms with E-state index < -0.39 is 11.8 Å². The summed E-state index contributed by atoms with van der Waals surface area (Å²) in [6, 6.07) is 0. The molecule has 0 aromatic carbocycles. The van der Waals surface area contributed by atoms with Gasteiger partial charge < -0.3 is 4.74 Å². The monoisotopic (exact) mass is 234 g/mol. The molecule has 2 nitrogen and oxygen atoms in total. The van der Waals surface area contributed by atoms with Gasteiger partial charge in [-0.2, -0.15) is 0 Å². The predicted molar refractivity (Wildman–Crippen MR) is 46.6 cm³/mol. The van der Waals surface area contributed by atoms with Crippen LogP contribution in [0, 0.1) is 0 Å². The second-order valence-corrected chi connectivity index (χ2v) is 3.57. The van der Waals surface area contributed by atoms with Crippen molar-refractivity contribution >= 4 is 21.9 Å². The first-order valence-electron chi connectivity index (χ1n) is 3.44. The first-order valence-corrected chi connectivity index (χ1v) is 4.36. The Hall–Kier alpha value is -0.640. The SMILES string of the molecule is COC(=O)C1=C(F)CC(Br)C=C1. The highest BCUT2D eigenvalue weighted by molar-refractivity contribution is 9.09. The Bertz CT molecular complexity index is 258. The number of ether oxygens (including phenoxy) is 1. The highest BCUT2D eigenvalue weighted by Gasteiger charge is 2.19. The second kappa shape index (κ2) is 3.85. The van der Waals surface area contributed by atoms with Gasteiger partial charge in [-0.3, -0.25) is 0 Å². The molecule has 0 fully saturated rings. The van der Waals surface area contributed by atoms with Crippen molar-refractivity contribution in [3.8, 4) is 0 Å². The van der Waals surface area contributed by atoms with Crippen LogP contribution in [0.25, 0.3) is 0 Å². The fraction of sp³-hybridized carbons (Fsp3) is 0.375. The minimum Gasteiger partial charge on any atom is -0.465 e. The van der Waals surface area contributed by atoms with Gasteiger partial charge >= 0.3 is 5.97 Å². The van der Waals surface area contributed by atoms with Gasteiger partial charge in [0.2, 0.25) is 0 Å². The van der Waals surface area contributed by atoms with Gasteiger partial charge in [-0.25, -0.2) is 9.18 Å². The lowest BCUT2D eigenvalue weighted by Gasteiger charge is -2.11. The lowest BCUT2D eigenvalue weighted by molar-refractivity contribution is -0.135. The third-order valence-corrected chi connectivity index (χ3v) is 2.17. The summed E-state index contributed by atoms with van der Waals surface area (Å²) in [7, 11) is 1.23. The molecule has 66 valence electrons. The number of esters is 1. The Kier molecular flexibility index (Phi) is 3.03. The molecule has 0 radical (unpaired) electrons. The van der Waals surface area contributed by atoms with Crippen LogP contribution in [0.5, 0.6) is 0 Å². The topological polar surface area (TPSA) is 26.3 Å². The van der Waals surface area contributed by atoms with E-state index in [0.717, 1.165) is 0 Å². The summed E-state index contributed by atoms with van der Waals surface area (Å²) in [6.07, 6.45) is 3.36. The van der Waals surface area contributed by atoms with E-state index in [0.29, 0.717) is 0 Å². The van der Waals surface area contributed by atoms with E-state index in [1.165, 1.54) is 13.2 Å². The number of carbonyl (C=O) groups excluding carboxylic acids is 1. The molecule has 1 aliphatic carbocycles. The summed E-state index contributed by atoms with van der Waals surface area (Å²) in [4.78, 5) is 10.9. The van der Waals surface area contributed by atoms with E-state index in [-0.39, 0.29) is 16.8 Å². The molecule has 1 unspecified atom stereocenters. The fourth-order valence-corrected chi connectivity index (χ4v) is 1.37. The number of alkyl halides is 1. The number of hydrogen-bond donors (Lipinski definition) is 0. The average Bonchev–Trinajstić information content (AvgIpc) is 2.03. The molecular formula is C8H8BrFO2. The smallest absolute Gasteiger partial charge is 0.340 e. The molecule has 0 amide bonds. The van der Waals surface area contributed by atoms with E-state index in [4.69, 9.17) is 0 Å². The minimum atomic E-state index is -0.622. The number of methoxy groups -OCH3 is 1. The zero-order chi connectivity index (χ0) is 9.14. The first-order chi connectivity index (χ1) is 5.65. The van der Waals surface area contributed by atoms with Crippen molar-refractivity contribution in [3.63, 3.8) is 0 Å². The van der Waals surface area contributed by atoms with Crippen LogP contribution in [-0.4, -0.2) is 17.9 Å². The van der Waals surface area contributed by atoms with Crippen molar-refractivity contribution in [2.75, 3.05) is 7.11 Å². The van der Waals surface area contributed by atoms with Crippen molar-refractivity contribution in [2.24, 2.45) is 0 Å². The number of allylic oxidation sites excluding steroid dienone is 2. The molecular weight excluding hydrogens is 227 g/mol.